The third-order valence-electron chi connectivity index (χ3n) is 1.67. The number of aryl methyl sites for hydroxylation is 1. The Hall–Kier alpha value is -1.15. The summed E-state index contributed by atoms with van der Waals surface area (Å²) in [6.07, 6.45) is 3.64. The van der Waals surface area contributed by atoms with E-state index >= 15 is 0 Å². The molecular weight excluding hydrogens is 153 g/mol. The number of halogens is 1. The van der Waals surface area contributed by atoms with E-state index in [9.17, 15) is 4.39 Å². The van der Waals surface area contributed by atoms with Crippen molar-refractivity contribution in [3.8, 4) is 0 Å². The van der Waals surface area contributed by atoms with E-state index in [4.69, 9.17) is 5.73 Å². The van der Waals surface area contributed by atoms with Crippen molar-refractivity contribution in [1.29, 1.82) is 0 Å². The molecule has 0 aliphatic heterocycles. The van der Waals surface area contributed by atoms with Gasteiger partial charge in [0.2, 0.25) is 0 Å². The van der Waals surface area contributed by atoms with Gasteiger partial charge in [-0.3, -0.25) is 0 Å². The predicted molar refractivity (Wildman–Crippen MR) is 49.2 cm³/mol. The van der Waals surface area contributed by atoms with Gasteiger partial charge in [0.1, 0.15) is 5.82 Å². The summed E-state index contributed by atoms with van der Waals surface area (Å²) in [4.78, 5) is 0. The van der Waals surface area contributed by atoms with Crippen LogP contribution >= 0.6 is 0 Å². The number of nitrogens with two attached hydrogens (primary N) is 1. The molecule has 64 valence electrons. The minimum absolute atomic E-state index is 0.211. The first-order valence-electron chi connectivity index (χ1n) is 3.87. The van der Waals surface area contributed by atoms with Crippen LogP contribution in [0.4, 0.5) is 4.39 Å². The molecule has 0 aliphatic rings. The maximum absolute atomic E-state index is 12.7. The zero-order valence-electron chi connectivity index (χ0n) is 7.05. The third-order valence-corrected chi connectivity index (χ3v) is 1.67. The maximum Gasteiger partial charge on any atom is 0.123 e. The van der Waals surface area contributed by atoms with E-state index in [1.165, 1.54) is 12.1 Å². The van der Waals surface area contributed by atoms with Crippen molar-refractivity contribution in [3.63, 3.8) is 0 Å². The fourth-order valence-electron chi connectivity index (χ4n) is 0.986. The SMILES string of the molecule is Cc1ccc(F)cc1/C=C/CN. The lowest BCUT2D eigenvalue weighted by atomic mass is 10.1. The molecule has 0 bridgehead atoms. The van der Waals surface area contributed by atoms with Crippen LogP contribution in [0.1, 0.15) is 11.1 Å². The van der Waals surface area contributed by atoms with Gasteiger partial charge in [0.25, 0.3) is 0 Å². The first-order chi connectivity index (χ1) is 5.74. The van der Waals surface area contributed by atoms with Crippen molar-refractivity contribution in [2.75, 3.05) is 6.54 Å². The largest absolute Gasteiger partial charge is 0.327 e. The van der Waals surface area contributed by atoms with Crippen LogP contribution in [0.15, 0.2) is 24.3 Å². The van der Waals surface area contributed by atoms with E-state index in [1.807, 2.05) is 19.1 Å². The smallest absolute Gasteiger partial charge is 0.123 e. The number of hydrogen-bond donors (Lipinski definition) is 1. The first-order valence-corrected chi connectivity index (χ1v) is 3.87. The summed E-state index contributed by atoms with van der Waals surface area (Å²) in [5, 5.41) is 0. The second-order valence-corrected chi connectivity index (χ2v) is 2.64. The molecule has 0 aromatic heterocycles. The molecule has 0 unspecified atom stereocenters. The average Bonchev–Trinajstić information content (AvgIpc) is 2.07. The van der Waals surface area contributed by atoms with E-state index in [2.05, 4.69) is 0 Å². The minimum atomic E-state index is -0.211. The number of benzene rings is 1. The second kappa shape index (κ2) is 4.02. The van der Waals surface area contributed by atoms with Crippen LogP contribution < -0.4 is 5.73 Å². The monoisotopic (exact) mass is 165 g/mol. The molecule has 0 radical (unpaired) electrons. The van der Waals surface area contributed by atoms with Gasteiger partial charge in [0.05, 0.1) is 0 Å². The van der Waals surface area contributed by atoms with Crippen molar-refractivity contribution in [2.45, 2.75) is 6.92 Å². The standard InChI is InChI=1S/C10H12FN/c1-8-4-5-10(11)7-9(8)3-2-6-12/h2-5,7H,6,12H2,1H3/b3-2+. The van der Waals surface area contributed by atoms with Crippen molar-refractivity contribution in [2.24, 2.45) is 5.73 Å². The van der Waals surface area contributed by atoms with Crippen molar-refractivity contribution < 1.29 is 4.39 Å². The Morgan fingerprint density at radius 3 is 2.92 bits per heavy atom. The molecule has 0 fully saturated rings. The first kappa shape index (κ1) is 8.94. The molecule has 0 atom stereocenters. The highest BCUT2D eigenvalue weighted by Gasteiger charge is 1.95. The summed E-state index contributed by atoms with van der Waals surface area (Å²) in [5.74, 6) is -0.211. The van der Waals surface area contributed by atoms with Crippen molar-refractivity contribution in [1.82, 2.24) is 0 Å². The Kier molecular flexibility index (Phi) is 3.00. The van der Waals surface area contributed by atoms with Gasteiger partial charge in [-0.05, 0) is 30.2 Å². The van der Waals surface area contributed by atoms with Crippen LogP contribution in [0.25, 0.3) is 6.08 Å². The number of rotatable bonds is 2. The van der Waals surface area contributed by atoms with Gasteiger partial charge in [-0.2, -0.15) is 0 Å². The Morgan fingerprint density at radius 2 is 2.25 bits per heavy atom. The predicted octanol–water partition coefficient (Wildman–Crippen LogP) is 2.11. The summed E-state index contributed by atoms with van der Waals surface area (Å²) in [6, 6.07) is 4.71. The highest BCUT2D eigenvalue weighted by molar-refractivity contribution is 5.53. The molecule has 2 N–H and O–H groups in total. The second-order valence-electron chi connectivity index (χ2n) is 2.64. The molecular formula is C10H12FN. The van der Waals surface area contributed by atoms with E-state index < -0.39 is 0 Å². The lowest BCUT2D eigenvalue weighted by Crippen LogP contribution is -1.92. The average molecular weight is 165 g/mol. The topological polar surface area (TPSA) is 26.0 Å². The zero-order valence-corrected chi connectivity index (χ0v) is 7.05. The van der Waals surface area contributed by atoms with Crippen LogP contribution in [0.5, 0.6) is 0 Å². The Labute approximate surface area is 71.7 Å². The molecule has 1 rings (SSSR count). The van der Waals surface area contributed by atoms with Crippen LogP contribution in [-0.4, -0.2) is 6.54 Å². The quantitative estimate of drug-likeness (QED) is 0.713. The fraction of sp³-hybridized carbons (Fsp3) is 0.200. The number of hydrogen-bond acceptors (Lipinski definition) is 1. The van der Waals surface area contributed by atoms with E-state index in [0.29, 0.717) is 6.54 Å². The van der Waals surface area contributed by atoms with Gasteiger partial charge in [-0.15, -0.1) is 0 Å². The van der Waals surface area contributed by atoms with E-state index in [0.717, 1.165) is 11.1 Å². The Balaban J connectivity index is 2.97. The van der Waals surface area contributed by atoms with Gasteiger partial charge in [0.15, 0.2) is 0 Å². The van der Waals surface area contributed by atoms with Crippen LogP contribution in [-0.2, 0) is 0 Å². The molecule has 1 aromatic rings. The molecule has 0 spiro atoms. The normalized spacial score (nSPS) is 10.9. The molecule has 1 aromatic carbocycles. The summed E-state index contributed by atoms with van der Waals surface area (Å²) >= 11 is 0. The zero-order chi connectivity index (χ0) is 8.97. The van der Waals surface area contributed by atoms with Gasteiger partial charge in [-0.25, -0.2) is 4.39 Å². The summed E-state index contributed by atoms with van der Waals surface area (Å²) in [7, 11) is 0. The maximum atomic E-state index is 12.7. The van der Waals surface area contributed by atoms with Crippen molar-refractivity contribution in [3.05, 3.63) is 41.2 Å². The van der Waals surface area contributed by atoms with E-state index in [-0.39, 0.29) is 5.82 Å². The molecule has 1 nitrogen and oxygen atoms in total. The van der Waals surface area contributed by atoms with Gasteiger partial charge in [-0.1, -0.05) is 18.2 Å². The summed E-state index contributed by atoms with van der Waals surface area (Å²) < 4.78 is 12.7. The summed E-state index contributed by atoms with van der Waals surface area (Å²) in [6.45, 7) is 2.42. The lowest BCUT2D eigenvalue weighted by Gasteiger charge is -1.98. The van der Waals surface area contributed by atoms with Gasteiger partial charge in [0, 0.05) is 6.54 Å². The van der Waals surface area contributed by atoms with Gasteiger partial charge < -0.3 is 5.73 Å². The third kappa shape index (κ3) is 2.17. The minimum Gasteiger partial charge on any atom is -0.327 e. The Bertz CT molecular complexity index is 292. The highest BCUT2D eigenvalue weighted by Crippen LogP contribution is 2.11. The van der Waals surface area contributed by atoms with Crippen molar-refractivity contribution >= 4 is 6.08 Å². The molecule has 0 aliphatic carbocycles. The molecule has 2 heteroatoms. The van der Waals surface area contributed by atoms with E-state index in [1.54, 1.807) is 6.07 Å². The van der Waals surface area contributed by atoms with Crippen LogP contribution in [0.3, 0.4) is 0 Å². The molecule has 0 amide bonds. The highest BCUT2D eigenvalue weighted by atomic mass is 19.1. The summed E-state index contributed by atoms with van der Waals surface area (Å²) in [5.41, 5.74) is 7.23. The molecule has 0 saturated carbocycles. The van der Waals surface area contributed by atoms with Gasteiger partial charge >= 0.3 is 0 Å². The fourth-order valence-corrected chi connectivity index (χ4v) is 0.986. The van der Waals surface area contributed by atoms with Crippen LogP contribution in [0, 0.1) is 12.7 Å². The molecule has 12 heavy (non-hydrogen) atoms. The Morgan fingerprint density at radius 1 is 1.50 bits per heavy atom. The lowest BCUT2D eigenvalue weighted by molar-refractivity contribution is 0.627. The molecule has 0 saturated heterocycles. The van der Waals surface area contributed by atoms with Crippen LogP contribution in [0.2, 0.25) is 0 Å². The molecule has 0 heterocycles.